The standard InChI is InChI=1S/C21H16FN3O2S2/c22-16-6-1-2-7-17(16)23-20-24-25-21(29-20)28-11-14-10-19(26)27-18-9-13-5-3-4-12(13)8-15(14)18/h1-2,6-10H,3-5,11H2,(H,23,24). The van der Waals surface area contributed by atoms with Gasteiger partial charge in [0.1, 0.15) is 11.4 Å². The van der Waals surface area contributed by atoms with Crippen LogP contribution in [0.3, 0.4) is 0 Å². The van der Waals surface area contributed by atoms with Crippen molar-refractivity contribution in [2.75, 3.05) is 5.32 Å². The molecule has 0 unspecified atom stereocenters. The number of para-hydroxylation sites is 1. The van der Waals surface area contributed by atoms with E-state index in [-0.39, 0.29) is 11.4 Å². The molecule has 1 aliphatic rings. The van der Waals surface area contributed by atoms with Crippen molar-refractivity contribution in [3.8, 4) is 0 Å². The lowest BCUT2D eigenvalue weighted by molar-refractivity contribution is 0.559. The predicted octanol–water partition coefficient (Wildman–Crippen LogP) is 5.31. The lowest BCUT2D eigenvalue weighted by Crippen LogP contribution is -2.00. The summed E-state index contributed by atoms with van der Waals surface area (Å²) in [6.45, 7) is 0. The molecule has 5 nitrogen and oxygen atoms in total. The molecule has 0 aliphatic heterocycles. The minimum atomic E-state index is -0.342. The minimum absolute atomic E-state index is 0.341. The second-order valence-corrected chi connectivity index (χ2v) is 9.03. The van der Waals surface area contributed by atoms with Gasteiger partial charge in [-0.2, -0.15) is 0 Å². The molecule has 5 rings (SSSR count). The van der Waals surface area contributed by atoms with Crippen molar-refractivity contribution in [1.29, 1.82) is 0 Å². The fourth-order valence-electron chi connectivity index (χ4n) is 3.55. The molecule has 1 aliphatic carbocycles. The summed E-state index contributed by atoms with van der Waals surface area (Å²) >= 11 is 2.84. The van der Waals surface area contributed by atoms with Gasteiger partial charge in [0.2, 0.25) is 5.13 Å². The third-order valence-corrected chi connectivity index (χ3v) is 6.94. The van der Waals surface area contributed by atoms with Crippen LogP contribution in [0, 0.1) is 5.82 Å². The summed E-state index contributed by atoms with van der Waals surface area (Å²) in [6, 6.07) is 12.1. The van der Waals surface area contributed by atoms with E-state index in [1.54, 1.807) is 24.3 Å². The van der Waals surface area contributed by atoms with Crippen LogP contribution in [0.5, 0.6) is 0 Å². The highest BCUT2D eigenvalue weighted by molar-refractivity contribution is 8.00. The Morgan fingerprint density at radius 1 is 1.14 bits per heavy atom. The van der Waals surface area contributed by atoms with Crippen molar-refractivity contribution in [3.05, 3.63) is 75.4 Å². The molecule has 2 heterocycles. The number of nitrogens with zero attached hydrogens (tertiary/aromatic N) is 2. The van der Waals surface area contributed by atoms with E-state index < -0.39 is 0 Å². The zero-order valence-corrected chi connectivity index (χ0v) is 16.9. The summed E-state index contributed by atoms with van der Waals surface area (Å²) < 4.78 is 20.0. The number of rotatable bonds is 5. The van der Waals surface area contributed by atoms with E-state index in [4.69, 9.17) is 4.42 Å². The van der Waals surface area contributed by atoms with Gasteiger partial charge in [0.05, 0.1) is 5.69 Å². The molecule has 0 fully saturated rings. The third kappa shape index (κ3) is 3.77. The number of benzene rings is 2. The fraction of sp³-hybridized carbons (Fsp3) is 0.190. The Hall–Kier alpha value is -2.71. The molecule has 0 atom stereocenters. The van der Waals surface area contributed by atoms with Crippen molar-refractivity contribution < 1.29 is 8.81 Å². The van der Waals surface area contributed by atoms with Crippen molar-refractivity contribution in [2.45, 2.75) is 29.4 Å². The van der Waals surface area contributed by atoms with Gasteiger partial charge in [0.15, 0.2) is 4.34 Å². The predicted molar refractivity (Wildman–Crippen MR) is 114 cm³/mol. The first kappa shape index (κ1) is 18.3. The van der Waals surface area contributed by atoms with E-state index in [0.29, 0.717) is 22.2 Å². The van der Waals surface area contributed by atoms with Crippen LogP contribution in [-0.4, -0.2) is 10.2 Å². The molecule has 0 amide bonds. The van der Waals surface area contributed by atoms with E-state index in [2.05, 4.69) is 21.6 Å². The maximum Gasteiger partial charge on any atom is 0.336 e. The number of fused-ring (bicyclic) bond motifs is 2. The van der Waals surface area contributed by atoms with E-state index in [9.17, 15) is 9.18 Å². The van der Waals surface area contributed by atoms with Gasteiger partial charge in [0, 0.05) is 17.2 Å². The number of nitrogens with one attached hydrogen (secondary N) is 1. The first-order chi connectivity index (χ1) is 14.2. The molecule has 4 aromatic rings. The summed E-state index contributed by atoms with van der Waals surface area (Å²) in [4.78, 5) is 12.0. The summed E-state index contributed by atoms with van der Waals surface area (Å²) in [7, 11) is 0. The SMILES string of the molecule is O=c1cc(CSc2nnc(Nc3ccccc3F)s2)c2cc3c(cc2o1)CCC3. The Morgan fingerprint density at radius 3 is 2.83 bits per heavy atom. The van der Waals surface area contributed by atoms with Crippen molar-refractivity contribution in [1.82, 2.24) is 10.2 Å². The summed E-state index contributed by atoms with van der Waals surface area (Å²) in [5.41, 5.74) is 4.21. The van der Waals surface area contributed by atoms with Gasteiger partial charge in [-0.25, -0.2) is 9.18 Å². The quantitative estimate of drug-likeness (QED) is 0.345. The normalized spacial score (nSPS) is 13.0. The average molecular weight is 426 g/mol. The highest BCUT2D eigenvalue weighted by Crippen LogP contribution is 2.33. The molecule has 2 aromatic heterocycles. The second kappa shape index (κ2) is 7.61. The summed E-state index contributed by atoms with van der Waals surface area (Å²) in [5, 5.41) is 12.7. The van der Waals surface area contributed by atoms with Crippen LogP contribution in [0.25, 0.3) is 11.0 Å². The number of halogens is 1. The molecule has 0 saturated heterocycles. The first-order valence-corrected chi connectivity index (χ1v) is 11.0. The Morgan fingerprint density at radius 2 is 1.97 bits per heavy atom. The van der Waals surface area contributed by atoms with Gasteiger partial charge in [-0.05, 0) is 60.2 Å². The lowest BCUT2D eigenvalue weighted by Gasteiger charge is -2.07. The summed E-state index contributed by atoms with van der Waals surface area (Å²) in [6.07, 6.45) is 3.25. The van der Waals surface area contributed by atoms with E-state index in [1.807, 2.05) is 6.07 Å². The maximum atomic E-state index is 13.8. The third-order valence-electron chi connectivity index (χ3n) is 4.92. The summed E-state index contributed by atoms with van der Waals surface area (Å²) in [5.74, 6) is 0.238. The lowest BCUT2D eigenvalue weighted by atomic mass is 10.0. The molecule has 1 N–H and O–H groups in total. The Bertz CT molecular complexity index is 1270. The van der Waals surface area contributed by atoms with E-state index in [1.165, 1.54) is 40.3 Å². The maximum absolute atomic E-state index is 13.8. The Labute approximate surface area is 174 Å². The van der Waals surface area contributed by atoms with E-state index in [0.717, 1.165) is 34.6 Å². The highest BCUT2D eigenvalue weighted by Gasteiger charge is 2.16. The number of hydrogen-bond donors (Lipinski definition) is 1. The fourth-order valence-corrected chi connectivity index (χ4v) is 5.31. The Balaban J connectivity index is 1.37. The molecule has 29 heavy (non-hydrogen) atoms. The highest BCUT2D eigenvalue weighted by atomic mass is 32.2. The number of thioether (sulfide) groups is 1. The number of aryl methyl sites for hydroxylation is 2. The van der Waals surface area contributed by atoms with Gasteiger partial charge in [-0.15, -0.1) is 10.2 Å². The van der Waals surface area contributed by atoms with Gasteiger partial charge in [-0.3, -0.25) is 0 Å². The zero-order valence-electron chi connectivity index (χ0n) is 15.3. The van der Waals surface area contributed by atoms with E-state index >= 15 is 0 Å². The van der Waals surface area contributed by atoms with Crippen LogP contribution in [-0.2, 0) is 18.6 Å². The topological polar surface area (TPSA) is 68.0 Å². The van der Waals surface area contributed by atoms with Crippen LogP contribution in [0.15, 0.2) is 56.0 Å². The molecule has 0 bridgehead atoms. The monoisotopic (exact) mass is 425 g/mol. The average Bonchev–Trinajstić information content (AvgIpc) is 3.35. The molecule has 0 saturated carbocycles. The van der Waals surface area contributed by atoms with Crippen LogP contribution in [0.1, 0.15) is 23.1 Å². The first-order valence-electron chi connectivity index (χ1n) is 9.22. The van der Waals surface area contributed by atoms with Crippen LogP contribution < -0.4 is 10.9 Å². The molecule has 0 radical (unpaired) electrons. The van der Waals surface area contributed by atoms with Gasteiger partial charge >= 0.3 is 5.63 Å². The molecule has 2 aromatic carbocycles. The van der Waals surface area contributed by atoms with Gasteiger partial charge in [-0.1, -0.05) is 35.2 Å². The number of hydrogen-bond acceptors (Lipinski definition) is 7. The number of anilines is 2. The van der Waals surface area contributed by atoms with Crippen molar-refractivity contribution >= 4 is 44.9 Å². The smallest absolute Gasteiger partial charge is 0.336 e. The molecule has 0 spiro atoms. The Kier molecular flexibility index (Phi) is 4.81. The van der Waals surface area contributed by atoms with Gasteiger partial charge < -0.3 is 9.73 Å². The minimum Gasteiger partial charge on any atom is -0.423 e. The number of aromatic nitrogens is 2. The molecule has 8 heteroatoms. The second-order valence-electron chi connectivity index (χ2n) is 6.83. The van der Waals surface area contributed by atoms with Crippen molar-refractivity contribution in [3.63, 3.8) is 0 Å². The molecular formula is C21H16FN3O2S2. The van der Waals surface area contributed by atoms with Gasteiger partial charge in [0.25, 0.3) is 0 Å². The zero-order chi connectivity index (χ0) is 19.8. The van der Waals surface area contributed by atoms with Crippen LogP contribution in [0.2, 0.25) is 0 Å². The molecular weight excluding hydrogens is 409 g/mol. The van der Waals surface area contributed by atoms with Crippen LogP contribution in [0.4, 0.5) is 15.2 Å². The molecule has 146 valence electrons. The van der Waals surface area contributed by atoms with Crippen LogP contribution >= 0.6 is 23.1 Å². The van der Waals surface area contributed by atoms with Crippen molar-refractivity contribution in [2.24, 2.45) is 0 Å². The largest absolute Gasteiger partial charge is 0.423 e.